The number of hydrogen-bond donors (Lipinski definition) is 1. The van der Waals surface area contributed by atoms with Crippen molar-refractivity contribution in [1.82, 2.24) is 4.98 Å². The number of amides is 1. The van der Waals surface area contributed by atoms with Crippen LogP contribution < -0.4 is 5.32 Å². The molecule has 21 heavy (non-hydrogen) atoms. The van der Waals surface area contributed by atoms with E-state index < -0.39 is 17.6 Å². The largest absolute Gasteiger partial charge is 0.417 e. The third-order valence-electron chi connectivity index (χ3n) is 2.49. The summed E-state index contributed by atoms with van der Waals surface area (Å²) in [6.45, 7) is 0. The number of pyridine rings is 1. The SMILES string of the molecule is O=C(Nc1ncc(C(F)(F)F)cc1Cl)c1cccc(Cl)c1. The van der Waals surface area contributed by atoms with Gasteiger partial charge in [0.2, 0.25) is 0 Å². The van der Waals surface area contributed by atoms with Crippen LogP contribution in [0.2, 0.25) is 10.0 Å². The highest BCUT2D eigenvalue weighted by Crippen LogP contribution is 2.32. The molecule has 1 amide bonds. The predicted molar refractivity (Wildman–Crippen MR) is 73.7 cm³/mol. The molecule has 0 aliphatic heterocycles. The molecule has 110 valence electrons. The third-order valence-corrected chi connectivity index (χ3v) is 3.01. The summed E-state index contributed by atoms with van der Waals surface area (Å²) >= 11 is 11.4. The predicted octanol–water partition coefficient (Wildman–Crippen LogP) is 4.66. The maximum atomic E-state index is 12.5. The summed E-state index contributed by atoms with van der Waals surface area (Å²) in [6.07, 6.45) is -3.95. The van der Waals surface area contributed by atoms with Gasteiger partial charge in [-0.2, -0.15) is 13.2 Å². The molecule has 0 aliphatic carbocycles. The molecule has 1 N–H and O–H groups in total. The topological polar surface area (TPSA) is 42.0 Å². The number of carbonyl (C=O) groups excluding carboxylic acids is 1. The quantitative estimate of drug-likeness (QED) is 0.867. The Morgan fingerprint density at radius 1 is 1.19 bits per heavy atom. The fraction of sp³-hybridized carbons (Fsp3) is 0.0769. The number of alkyl halides is 3. The van der Waals surface area contributed by atoms with Gasteiger partial charge in [-0.3, -0.25) is 4.79 Å². The first-order valence-corrected chi connectivity index (χ1v) is 6.32. The molecule has 0 saturated carbocycles. The van der Waals surface area contributed by atoms with Crippen LogP contribution in [0.25, 0.3) is 0 Å². The van der Waals surface area contributed by atoms with Gasteiger partial charge in [0.15, 0.2) is 5.82 Å². The van der Waals surface area contributed by atoms with Crippen molar-refractivity contribution in [1.29, 1.82) is 0 Å². The van der Waals surface area contributed by atoms with Gasteiger partial charge in [0.05, 0.1) is 10.6 Å². The van der Waals surface area contributed by atoms with Crippen molar-refractivity contribution in [2.75, 3.05) is 5.32 Å². The minimum atomic E-state index is -4.55. The van der Waals surface area contributed by atoms with E-state index in [9.17, 15) is 18.0 Å². The Morgan fingerprint density at radius 2 is 1.90 bits per heavy atom. The first kappa shape index (κ1) is 15.6. The summed E-state index contributed by atoms with van der Waals surface area (Å²) in [6, 6.07) is 6.76. The molecule has 0 aliphatic rings. The van der Waals surface area contributed by atoms with Crippen molar-refractivity contribution in [3.05, 3.63) is 57.7 Å². The van der Waals surface area contributed by atoms with Crippen molar-refractivity contribution in [3.8, 4) is 0 Å². The molecule has 0 radical (unpaired) electrons. The van der Waals surface area contributed by atoms with Crippen LogP contribution in [0.3, 0.4) is 0 Å². The fourth-order valence-electron chi connectivity index (χ4n) is 1.49. The van der Waals surface area contributed by atoms with Crippen molar-refractivity contribution in [3.63, 3.8) is 0 Å². The average molecular weight is 335 g/mol. The van der Waals surface area contributed by atoms with Crippen molar-refractivity contribution >= 4 is 34.9 Å². The van der Waals surface area contributed by atoms with Crippen LogP contribution in [0.4, 0.5) is 19.0 Å². The van der Waals surface area contributed by atoms with Gasteiger partial charge in [-0.1, -0.05) is 29.3 Å². The summed E-state index contributed by atoms with van der Waals surface area (Å²) in [7, 11) is 0. The molecule has 1 heterocycles. The van der Waals surface area contributed by atoms with E-state index in [2.05, 4.69) is 10.3 Å². The molecule has 0 bridgehead atoms. The van der Waals surface area contributed by atoms with Crippen LogP contribution in [0.5, 0.6) is 0 Å². The van der Waals surface area contributed by atoms with Gasteiger partial charge in [0.25, 0.3) is 5.91 Å². The summed E-state index contributed by atoms with van der Waals surface area (Å²) in [5.74, 6) is -0.735. The smallest absolute Gasteiger partial charge is 0.305 e. The molecule has 2 aromatic rings. The molecule has 2 rings (SSSR count). The Balaban J connectivity index is 2.22. The van der Waals surface area contributed by atoms with Crippen LogP contribution in [0.15, 0.2) is 36.5 Å². The van der Waals surface area contributed by atoms with Gasteiger partial charge < -0.3 is 5.32 Å². The number of anilines is 1. The number of rotatable bonds is 2. The average Bonchev–Trinajstić information content (AvgIpc) is 2.39. The summed E-state index contributed by atoms with van der Waals surface area (Å²) in [5, 5.41) is 2.37. The Hall–Kier alpha value is -1.79. The lowest BCUT2D eigenvalue weighted by Gasteiger charge is -2.10. The number of halogens is 5. The molecule has 0 saturated heterocycles. The van der Waals surface area contributed by atoms with Crippen molar-refractivity contribution < 1.29 is 18.0 Å². The Morgan fingerprint density at radius 3 is 2.48 bits per heavy atom. The Labute approximate surface area is 127 Å². The lowest BCUT2D eigenvalue weighted by molar-refractivity contribution is -0.137. The molecule has 3 nitrogen and oxygen atoms in total. The number of benzene rings is 1. The zero-order chi connectivity index (χ0) is 15.6. The fourth-order valence-corrected chi connectivity index (χ4v) is 1.90. The number of aromatic nitrogens is 1. The van der Waals surface area contributed by atoms with E-state index in [1.54, 1.807) is 12.1 Å². The number of nitrogens with one attached hydrogen (secondary N) is 1. The van der Waals surface area contributed by atoms with E-state index in [1.165, 1.54) is 12.1 Å². The molecule has 0 unspecified atom stereocenters. The van der Waals surface area contributed by atoms with Gasteiger partial charge in [-0.05, 0) is 24.3 Å². The van der Waals surface area contributed by atoms with Crippen molar-refractivity contribution in [2.45, 2.75) is 6.18 Å². The highest BCUT2D eigenvalue weighted by atomic mass is 35.5. The van der Waals surface area contributed by atoms with Crippen LogP contribution in [-0.4, -0.2) is 10.9 Å². The molecule has 1 aromatic heterocycles. The molecular weight excluding hydrogens is 328 g/mol. The standard InChI is InChI=1S/C13H7Cl2F3N2O/c14-9-3-1-2-7(4-9)12(21)20-11-10(15)5-8(6-19-11)13(16,17)18/h1-6H,(H,19,20,21). The van der Waals surface area contributed by atoms with Gasteiger partial charge in [-0.15, -0.1) is 0 Å². The maximum absolute atomic E-state index is 12.5. The first-order chi connectivity index (χ1) is 9.77. The molecule has 0 fully saturated rings. The Kier molecular flexibility index (Phi) is 4.39. The first-order valence-electron chi connectivity index (χ1n) is 5.57. The molecule has 1 aromatic carbocycles. The number of hydrogen-bond acceptors (Lipinski definition) is 2. The highest BCUT2D eigenvalue weighted by Gasteiger charge is 2.31. The van der Waals surface area contributed by atoms with Gasteiger partial charge in [-0.25, -0.2) is 4.98 Å². The number of carbonyl (C=O) groups is 1. The van der Waals surface area contributed by atoms with Crippen LogP contribution in [0, 0.1) is 0 Å². The van der Waals surface area contributed by atoms with Crippen LogP contribution in [-0.2, 0) is 6.18 Å². The second kappa shape index (κ2) is 5.91. The van der Waals surface area contributed by atoms with E-state index in [-0.39, 0.29) is 16.4 Å². The van der Waals surface area contributed by atoms with E-state index >= 15 is 0 Å². The molecule has 8 heteroatoms. The van der Waals surface area contributed by atoms with Crippen LogP contribution >= 0.6 is 23.2 Å². The van der Waals surface area contributed by atoms with E-state index in [4.69, 9.17) is 23.2 Å². The summed E-state index contributed by atoms with van der Waals surface area (Å²) in [4.78, 5) is 15.4. The lowest BCUT2D eigenvalue weighted by atomic mass is 10.2. The zero-order valence-corrected chi connectivity index (χ0v) is 11.7. The third kappa shape index (κ3) is 3.86. The van der Waals surface area contributed by atoms with Gasteiger partial charge in [0, 0.05) is 16.8 Å². The highest BCUT2D eigenvalue weighted by molar-refractivity contribution is 6.33. The molecular formula is C13H7Cl2F3N2O. The summed E-state index contributed by atoms with van der Waals surface area (Å²) in [5.41, 5.74) is -0.756. The van der Waals surface area contributed by atoms with Crippen LogP contribution in [0.1, 0.15) is 15.9 Å². The minimum Gasteiger partial charge on any atom is -0.305 e. The second-order valence-electron chi connectivity index (χ2n) is 4.02. The maximum Gasteiger partial charge on any atom is 0.417 e. The summed E-state index contributed by atoms with van der Waals surface area (Å²) < 4.78 is 37.4. The van der Waals surface area contributed by atoms with E-state index in [1.807, 2.05) is 0 Å². The van der Waals surface area contributed by atoms with E-state index in [0.29, 0.717) is 17.3 Å². The normalized spacial score (nSPS) is 11.3. The monoisotopic (exact) mass is 334 g/mol. The Bertz CT molecular complexity index is 689. The van der Waals surface area contributed by atoms with Gasteiger partial charge >= 0.3 is 6.18 Å². The zero-order valence-electron chi connectivity index (χ0n) is 10.2. The van der Waals surface area contributed by atoms with Gasteiger partial charge in [0.1, 0.15) is 0 Å². The van der Waals surface area contributed by atoms with Crippen molar-refractivity contribution in [2.24, 2.45) is 0 Å². The lowest BCUT2D eigenvalue weighted by Crippen LogP contribution is -2.14. The second-order valence-corrected chi connectivity index (χ2v) is 4.86. The molecule has 0 atom stereocenters. The minimum absolute atomic E-state index is 0.158. The van der Waals surface area contributed by atoms with E-state index in [0.717, 1.165) is 0 Å². The molecule has 0 spiro atoms. The number of nitrogens with zero attached hydrogens (tertiary/aromatic N) is 1.